The highest BCUT2D eigenvalue weighted by Crippen LogP contribution is 2.51. The zero-order valence-electron chi connectivity index (χ0n) is 20.6. The number of hydrogen-bond acceptors (Lipinski definition) is 5. The van der Waals surface area contributed by atoms with Crippen LogP contribution in [-0.2, 0) is 16.3 Å². The Bertz CT molecular complexity index is 1460. The van der Waals surface area contributed by atoms with E-state index in [9.17, 15) is 17.6 Å². The molecular formula is C29H30FN3O3S. The van der Waals surface area contributed by atoms with E-state index >= 15 is 0 Å². The van der Waals surface area contributed by atoms with Crippen molar-refractivity contribution < 1.29 is 17.6 Å². The van der Waals surface area contributed by atoms with Gasteiger partial charge in [0.25, 0.3) is 0 Å². The predicted octanol–water partition coefficient (Wildman–Crippen LogP) is 5.52. The molecule has 1 aromatic carbocycles. The van der Waals surface area contributed by atoms with Crippen LogP contribution in [0.4, 0.5) is 4.39 Å². The second-order valence-electron chi connectivity index (χ2n) is 10.6. The second kappa shape index (κ2) is 9.31. The number of rotatable bonds is 5. The molecule has 0 radical (unpaired) electrons. The largest absolute Gasteiger partial charge is 0.299 e. The highest BCUT2D eigenvalue weighted by molar-refractivity contribution is 7.92. The predicted molar refractivity (Wildman–Crippen MR) is 140 cm³/mol. The van der Waals surface area contributed by atoms with Gasteiger partial charge in [0, 0.05) is 18.3 Å². The van der Waals surface area contributed by atoms with Crippen LogP contribution >= 0.6 is 0 Å². The molecule has 3 aromatic rings. The number of nitrogens with zero attached hydrogens (tertiary/aromatic N) is 3. The summed E-state index contributed by atoms with van der Waals surface area (Å²) in [5.74, 6) is -0.446. The van der Waals surface area contributed by atoms with Crippen LogP contribution in [0.5, 0.6) is 0 Å². The molecule has 37 heavy (non-hydrogen) atoms. The fourth-order valence-electron chi connectivity index (χ4n) is 6.52. The third-order valence-electron chi connectivity index (χ3n) is 8.51. The van der Waals surface area contributed by atoms with Gasteiger partial charge in [0.05, 0.1) is 33.6 Å². The minimum Gasteiger partial charge on any atom is -0.299 e. The molecule has 2 atom stereocenters. The number of ketones is 1. The molecule has 0 aliphatic heterocycles. The number of Topliss-reactive ketones (excluding diaryl/α,β-unsaturated/α-hetero) is 1. The van der Waals surface area contributed by atoms with Crippen LogP contribution in [0.2, 0.25) is 0 Å². The molecule has 0 N–H and O–H groups in total. The average Bonchev–Trinajstić information content (AvgIpc) is 3.34. The first-order chi connectivity index (χ1) is 17.9. The topological polar surface area (TPSA) is 81.9 Å². The number of allylic oxidation sites excluding steroid dienone is 1. The van der Waals surface area contributed by atoms with E-state index in [4.69, 9.17) is 0 Å². The Morgan fingerprint density at radius 2 is 1.76 bits per heavy atom. The normalized spacial score (nSPS) is 24.1. The first kappa shape index (κ1) is 24.2. The maximum Gasteiger partial charge on any atom is 0.191 e. The zero-order valence-corrected chi connectivity index (χ0v) is 21.5. The van der Waals surface area contributed by atoms with Gasteiger partial charge < -0.3 is 0 Å². The van der Waals surface area contributed by atoms with Gasteiger partial charge in [-0.1, -0.05) is 30.9 Å². The number of carbonyl (C=O) groups excluding carboxylic acids is 1. The number of hydrogen-bond donors (Lipinski definition) is 0. The summed E-state index contributed by atoms with van der Waals surface area (Å²) in [5, 5.41) is -0.864. The Labute approximate surface area is 216 Å². The van der Waals surface area contributed by atoms with Gasteiger partial charge in [-0.2, -0.15) is 0 Å². The van der Waals surface area contributed by atoms with Gasteiger partial charge >= 0.3 is 0 Å². The number of carbonyl (C=O) groups is 1. The third kappa shape index (κ3) is 4.15. The van der Waals surface area contributed by atoms with E-state index in [1.54, 1.807) is 42.9 Å². The first-order valence-corrected chi connectivity index (χ1v) is 14.7. The number of imidazole rings is 1. The maximum atomic E-state index is 14.2. The summed E-state index contributed by atoms with van der Waals surface area (Å²) >= 11 is 0. The van der Waals surface area contributed by atoms with Crippen molar-refractivity contribution in [1.29, 1.82) is 0 Å². The fourth-order valence-corrected chi connectivity index (χ4v) is 9.02. The van der Waals surface area contributed by atoms with Crippen molar-refractivity contribution in [2.24, 2.45) is 5.41 Å². The molecule has 2 aromatic heterocycles. The molecule has 3 aliphatic carbocycles. The average molecular weight is 520 g/mol. The minimum absolute atomic E-state index is 0.134. The van der Waals surface area contributed by atoms with Crippen molar-refractivity contribution in [3.05, 3.63) is 83.5 Å². The number of aromatic nitrogens is 3. The molecule has 0 spiro atoms. The molecular weight excluding hydrogens is 489 g/mol. The van der Waals surface area contributed by atoms with Gasteiger partial charge in [0.2, 0.25) is 0 Å². The standard InChI is InChI=1S/C29H30FN3O3S/c30-21-10-12-22(13-11-21)33-19-32-26-18-29(28(34)25-8-4-5-15-31-25)17-24(14-9-20(29)16-27(26)33)37(35,36)23-6-2-1-3-7-23/h4-5,8,10-13,15-16,19,23-24H,1-3,6-7,9,14,17-18H2/t24-,29+/m0/s1. The Hall–Kier alpha value is -3.13. The molecule has 192 valence electrons. The molecule has 6 nitrogen and oxygen atoms in total. The Morgan fingerprint density at radius 1 is 0.973 bits per heavy atom. The lowest BCUT2D eigenvalue weighted by atomic mass is 9.62. The summed E-state index contributed by atoms with van der Waals surface area (Å²) in [4.78, 5) is 23.1. The van der Waals surface area contributed by atoms with E-state index in [2.05, 4.69) is 9.97 Å². The second-order valence-corrected chi connectivity index (χ2v) is 13.1. The smallest absolute Gasteiger partial charge is 0.191 e. The van der Waals surface area contributed by atoms with Crippen molar-refractivity contribution in [2.75, 3.05) is 0 Å². The van der Waals surface area contributed by atoms with Gasteiger partial charge in [-0.3, -0.25) is 14.3 Å². The van der Waals surface area contributed by atoms with Gasteiger partial charge in [-0.15, -0.1) is 0 Å². The molecule has 3 aliphatic rings. The summed E-state index contributed by atoms with van der Waals surface area (Å²) in [5.41, 5.74) is 2.69. The fraction of sp³-hybridized carbons (Fsp3) is 0.414. The van der Waals surface area contributed by atoms with Crippen LogP contribution in [0.25, 0.3) is 11.8 Å². The molecule has 6 rings (SSSR count). The van der Waals surface area contributed by atoms with E-state index < -0.39 is 20.5 Å². The van der Waals surface area contributed by atoms with Crippen LogP contribution < -0.4 is 0 Å². The number of halogens is 1. The highest BCUT2D eigenvalue weighted by atomic mass is 32.2. The van der Waals surface area contributed by atoms with Crippen LogP contribution in [0.3, 0.4) is 0 Å². The number of fused-ring (bicyclic) bond motifs is 2. The van der Waals surface area contributed by atoms with Crippen LogP contribution in [0, 0.1) is 11.2 Å². The number of sulfone groups is 1. The molecule has 8 heteroatoms. The SMILES string of the molecule is O=C(c1ccccn1)[C@]12Cc3ncn(-c4ccc(F)cc4)c3C=C1CC[C@H](S(=O)(=O)C1CCCCC1)C2. The Morgan fingerprint density at radius 3 is 2.49 bits per heavy atom. The van der Waals surface area contributed by atoms with Gasteiger partial charge in [0.1, 0.15) is 11.5 Å². The monoisotopic (exact) mass is 519 g/mol. The molecule has 2 heterocycles. The van der Waals surface area contributed by atoms with Crippen molar-refractivity contribution in [1.82, 2.24) is 14.5 Å². The minimum atomic E-state index is -3.37. The van der Waals surface area contributed by atoms with E-state index in [1.807, 2.05) is 10.6 Å². The molecule has 2 saturated carbocycles. The van der Waals surface area contributed by atoms with E-state index in [0.29, 0.717) is 25.0 Å². The Kier molecular flexibility index (Phi) is 6.10. The maximum absolute atomic E-state index is 14.2. The molecule has 0 bridgehead atoms. The molecule has 0 unspecified atom stereocenters. The van der Waals surface area contributed by atoms with Gasteiger partial charge in [0.15, 0.2) is 15.6 Å². The molecule has 2 fully saturated rings. The van der Waals surface area contributed by atoms with Gasteiger partial charge in [-0.25, -0.2) is 17.8 Å². The van der Waals surface area contributed by atoms with Crippen molar-refractivity contribution in [3.63, 3.8) is 0 Å². The highest BCUT2D eigenvalue weighted by Gasteiger charge is 2.53. The number of pyridine rings is 1. The van der Waals surface area contributed by atoms with Crippen molar-refractivity contribution in [2.45, 2.75) is 68.3 Å². The van der Waals surface area contributed by atoms with Crippen molar-refractivity contribution in [3.8, 4) is 5.69 Å². The first-order valence-electron chi connectivity index (χ1n) is 13.1. The molecule has 0 amide bonds. The number of benzene rings is 1. The third-order valence-corrected chi connectivity index (χ3v) is 11.2. The van der Waals surface area contributed by atoms with E-state index in [-0.39, 0.29) is 23.3 Å². The summed E-state index contributed by atoms with van der Waals surface area (Å²) in [7, 11) is -3.37. The lowest BCUT2D eigenvalue weighted by Gasteiger charge is -2.44. The quantitative estimate of drug-likeness (QED) is 0.415. The lowest BCUT2D eigenvalue weighted by Crippen LogP contribution is -2.47. The van der Waals surface area contributed by atoms with Crippen LogP contribution in [-0.4, -0.2) is 39.2 Å². The summed E-state index contributed by atoms with van der Waals surface area (Å²) < 4.78 is 43.0. The Balaban J connectivity index is 1.42. The summed E-state index contributed by atoms with van der Waals surface area (Å²) in [6.45, 7) is 0. The lowest BCUT2D eigenvalue weighted by molar-refractivity contribution is 0.0795. The summed E-state index contributed by atoms with van der Waals surface area (Å²) in [6.07, 6.45) is 11.4. The van der Waals surface area contributed by atoms with Gasteiger partial charge in [-0.05, 0) is 74.6 Å². The van der Waals surface area contributed by atoms with E-state index in [0.717, 1.165) is 54.8 Å². The van der Waals surface area contributed by atoms with Crippen LogP contribution in [0.1, 0.15) is 73.2 Å². The van der Waals surface area contributed by atoms with E-state index in [1.165, 1.54) is 12.1 Å². The summed E-state index contributed by atoms with van der Waals surface area (Å²) in [6, 6.07) is 11.5. The zero-order chi connectivity index (χ0) is 25.6. The molecule has 0 saturated heterocycles. The van der Waals surface area contributed by atoms with Crippen LogP contribution in [0.15, 0.2) is 60.6 Å². The van der Waals surface area contributed by atoms with Crippen molar-refractivity contribution >= 4 is 21.7 Å².